The van der Waals surface area contributed by atoms with E-state index in [4.69, 9.17) is 18.4 Å². The Hall–Kier alpha value is -5.32. The Labute approximate surface area is 221 Å². The lowest BCUT2D eigenvalue weighted by atomic mass is 10.2. The second-order valence-electron chi connectivity index (χ2n) is 8.44. The van der Waals surface area contributed by atoms with Gasteiger partial charge in [-0.1, -0.05) is 35.5 Å². The summed E-state index contributed by atoms with van der Waals surface area (Å²) in [6.45, 7) is 0.407. The Kier molecular flexibility index (Phi) is 6.52. The Morgan fingerprint density at radius 2 is 1.85 bits per heavy atom. The van der Waals surface area contributed by atoms with E-state index in [1.807, 2.05) is 24.3 Å². The van der Waals surface area contributed by atoms with Crippen molar-refractivity contribution in [1.82, 2.24) is 29.9 Å². The number of oxazole rings is 1. The van der Waals surface area contributed by atoms with E-state index in [9.17, 15) is 4.39 Å². The minimum atomic E-state index is -0.332. The maximum atomic E-state index is 14.4. The van der Waals surface area contributed by atoms with Gasteiger partial charge in [0.1, 0.15) is 47.7 Å². The van der Waals surface area contributed by atoms with Crippen LogP contribution in [0.5, 0.6) is 11.6 Å². The summed E-state index contributed by atoms with van der Waals surface area (Å²) in [4.78, 5) is 13.4. The molecule has 194 valence electrons. The smallest absolute Gasteiger partial charge is 0.232 e. The van der Waals surface area contributed by atoms with Crippen LogP contribution in [0.4, 0.5) is 4.39 Å². The van der Waals surface area contributed by atoms with E-state index in [-0.39, 0.29) is 24.8 Å². The molecule has 0 fully saturated rings. The van der Waals surface area contributed by atoms with Crippen LogP contribution in [0.2, 0.25) is 0 Å². The zero-order valence-electron chi connectivity index (χ0n) is 20.7. The van der Waals surface area contributed by atoms with E-state index in [0.29, 0.717) is 39.9 Å². The van der Waals surface area contributed by atoms with Gasteiger partial charge in [0, 0.05) is 17.8 Å². The monoisotopic (exact) mass is 524 g/mol. The van der Waals surface area contributed by atoms with E-state index in [1.165, 1.54) is 24.8 Å². The highest BCUT2D eigenvalue weighted by atomic mass is 19.1. The number of methoxy groups -OCH3 is 1. The third-order valence-corrected chi connectivity index (χ3v) is 5.94. The molecule has 11 heteroatoms. The van der Waals surface area contributed by atoms with E-state index < -0.39 is 0 Å². The van der Waals surface area contributed by atoms with Crippen molar-refractivity contribution in [2.24, 2.45) is 0 Å². The average Bonchev–Trinajstić information content (AvgIpc) is 3.76. The third-order valence-electron chi connectivity index (χ3n) is 5.94. The molecule has 0 spiro atoms. The van der Waals surface area contributed by atoms with Gasteiger partial charge in [0.2, 0.25) is 11.8 Å². The molecule has 0 aliphatic heterocycles. The van der Waals surface area contributed by atoms with E-state index in [2.05, 4.69) is 25.2 Å². The maximum absolute atomic E-state index is 14.4. The predicted molar refractivity (Wildman–Crippen MR) is 137 cm³/mol. The molecule has 0 radical (unpaired) electrons. The topological polar surface area (TPSA) is 114 Å². The van der Waals surface area contributed by atoms with Crippen molar-refractivity contribution >= 4 is 0 Å². The van der Waals surface area contributed by atoms with Gasteiger partial charge >= 0.3 is 0 Å². The van der Waals surface area contributed by atoms with E-state index >= 15 is 0 Å². The quantitative estimate of drug-likeness (QED) is 0.244. The molecule has 0 bridgehead atoms. The van der Waals surface area contributed by atoms with E-state index in [0.717, 1.165) is 11.3 Å². The average molecular weight is 525 g/mol. The lowest BCUT2D eigenvalue weighted by Gasteiger charge is -2.10. The second-order valence-corrected chi connectivity index (χ2v) is 8.44. The molecule has 0 aliphatic carbocycles. The predicted octanol–water partition coefficient (Wildman–Crippen LogP) is 5.43. The number of aromatic nitrogens is 6. The minimum absolute atomic E-state index is 0.171. The molecule has 0 atom stereocenters. The lowest BCUT2D eigenvalue weighted by molar-refractivity contribution is 0.294. The van der Waals surface area contributed by atoms with Crippen LogP contribution >= 0.6 is 0 Å². The Bertz CT molecular complexity index is 1680. The fraction of sp³-hybridized carbons (Fsp3) is 0.107. The Morgan fingerprint density at radius 1 is 0.974 bits per heavy atom. The highest BCUT2D eigenvalue weighted by molar-refractivity contribution is 5.65. The molecule has 4 heterocycles. The highest BCUT2D eigenvalue weighted by Gasteiger charge is 2.20. The molecule has 0 N–H and O–H groups in total. The Balaban J connectivity index is 1.37. The fourth-order valence-corrected chi connectivity index (χ4v) is 3.96. The SMILES string of the molecule is COc1ccc(COc2nc(-c3cc(-c4ccon4)n(Cc4ccccc4F)n3)ncc2-c2ncco2)cc1. The van der Waals surface area contributed by atoms with Gasteiger partial charge in [0.15, 0.2) is 5.82 Å². The number of hydrogen-bond acceptors (Lipinski definition) is 9. The first kappa shape index (κ1) is 24.0. The van der Waals surface area contributed by atoms with Gasteiger partial charge in [-0.2, -0.15) is 10.1 Å². The van der Waals surface area contributed by atoms with Crippen LogP contribution in [0, 0.1) is 5.82 Å². The second kappa shape index (κ2) is 10.6. The largest absolute Gasteiger partial charge is 0.497 e. The van der Waals surface area contributed by atoms with Crippen molar-refractivity contribution < 1.29 is 22.8 Å². The molecule has 0 saturated heterocycles. The number of ether oxygens (including phenoxy) is 2. The summed E-state index contributed by atoms with van der Waals surface area (Å²) in [5, 5.41) is 8.71. The van der Waals surface area contributed by atoms with Gasteiger partial charge in [-0.3, -0.25) is 4.68 Å². The van der Waals surface area contributed by atoms with Gasteiger partial charge in [-0.15, -0.1) is 0 Å². The summed E-state index contributed by atoms with van der Waals surface area (Å²) < 4.78 is 37.9. The molecule has 0 aliphatic rings. The summed E-state index contributed by atoms with van der Waals surface area (Å²) in [5.41, 5.74) is 3.47. The molecule has 6 rings (SSSR count). The van der Waals surface area contributed by atoms with Crippen LogP contribution in [0.3, 0.4) is 0 Å². The zero-order chi connectivity index (χ0) is 26.6. The number of benzene rings is 2. The van der Waals surface area contributed by atoms with Crippen molar-refractivity contribution in [3.8, 4) is 46.0 Å². The summed E-state index contributed by atoms with van der Waals surface area (Å²) in [6, 6.07) is 17.5. The molecule has 0 unspecified atom stereocenters. The van der Waals surface area contributed by atoms with Gasteiger partial charge in [0.05, 0.1) is 25.5 Å². The molecule has 0 amide bonds. The number of nitrogens with zero attached hydrogens (tertiary/aromatic N) is 6. The van der Waals surface area contributed by atoms with Crippen LogP contribution in [0.25, 0.3) is 34.4 Å². The van der Waals surface area contributed by atoms with Gasteiger partial charge in [0.25, 0.3) is 0 Å². The van der Waals surface area contributed by atoms with Crippen LogP contribution in [-0.2, 0) is 13.2 Å². The van der Waals surface area contributed by atoms with Gasteiger partial charge < -0.3 is 18.4 Å². The van der Waals surface area contributed by atoms with Gasteiger partial charge in [-0.05, 0) is 29.8 Å². The van der Waals surface area contributed by atoms with E-state index in [1.54, 1.807) is 48.3 Å². The Morgan fingerprint density at radius 3 is 2.59 bits per heavy atom. The first-order valence-corrected chi connectivity index (χ1v) is 11.9. The summed E-state index contributed by atoms with van der Waals surface area (Å²) >= 11 is 0. The lowest BCUT2D eigenvalue weighted by Crippen LogP contribution is -2.06. The van der Waals surface area contributed by atoms with Crippen molar-refractivity contribution in [2.75, 3.05) is 7.11 Å². The van der Waals surface area contributed by atoms with Gasteiger partial charge in [-0.25, -0.2) is 14.4 Å². The molecule has 2 aromatic carbocycles. The zero-order valence-corrected chi connectivity index (χ0v) is 20.7. The first-order valence-electron chi connectivity index (χ1n) is 11.9. The first-order chi connectivity index (χ1) is 19.2. The third kappa shape index (κ3) is 5.10. The number of rotatable bonds is 9. The van der Waals surface area contributed by atoms with Crippen LogP contribution < -0.4 is 9.47 Å². The standard InChI is InChI=1S/C28H21FN6O4/c1-36-20-8-6-18(7-9-20)17-38-28-21(27-30-11-13-37-27)15-31-26(32-28)24-14-25(23-10-12-39-34-23)35(33-24)16-19-4-2-3-5-22(19)29/h2-15H,16-17H2,1H3. The van der Waals surface area contributed by atoms with Crippen LogP contribution in [-0.4, -0.2) is 37.0 Å². The summed E-state index contributed by atoms with van der Waals surface area (Å²) in [5.74, 6) is 1.30. The normalized spacial score (nSPS) is 11.0. The van der Waals surface area contributed by atoms with Crippen molar-refractivity contribution in [1.29, 1.82) is 0 Å². The van der Waals surface area contributed by atoms with Crippen LogP contribution in [0.15, 0.2) is 94.5 Å². The summed E-state index contributed by atoms with van der Waals surface area (Å²) in [6.07, 6.45) is 6.03. The van der Waals surface area contributed by atoms with Crippen LogP contribution in [0.1, 0.15) is 11.1 Å². The molecule has 0 saturated carbocycles. The van der Waals surface area contributed by atoms with Crippen molar-refractivity contribution in [2.45, 2.75) is 13.2 Å². The molecule has 4 aromatic heterocycles. The minimum Gasteiger partial charge on any atom is -0.497 e. The van der Waals surface area contributed by atoms with Crippen molar-refractivity contribution in [3.05, 3.63) is 103 Å². The molecular formula is C28H21FN6O4. The van der Waals surface area contributed by atoms with Crippen molar-refractivity contribution in [3.63, 3.8) is 0 Å². The number of hydrogen-bond donors (Lipinski definition) is 0. The molecular weight excluding hydrogens is 503 g/mol. The fourth-order valence-electron chi connectivity index (χ4n) is 3.96. The molecule has 10 nitrogen and oxygen atoms in total. The highest BCUT2D eigenvalue weighted by Crippen LogP contribution is 2.31. The molecule has 39 heavy (non-hydrogen) atoms. The summed E-state index contributed by atoms with van der Waals surface area (Å²) in [7, 11) is 1.61. The molecule has 6 aromatic rings. The number of halogens is 1. The maximum Gasteiger partial charge on any atom is 0.232 e.